The summed E-state index contributed by atoms with van der Waals surface area (Å²) in [6.07, 6.45) is 1.42. The van der Waals surface area contributed by atoms with Crippen LogP contribution in [-0.4, -0.2) is 45.7 Å². The van der Waals surface area contributed by atoms with E-state index < -0.39 is 12.1 Å². The fourth-order valence-electron chi connectivity index (χ4n) is 3.37. The van der Waals surface area contributed by atoms with Crippen LogP contribution in [0.5, 0.6) is 0 Å². The lowest BCUT2D eigenvalue weighted by atomic mass is 9.77. The van der Waals surface area contributed by atoms with E-state index in [9.17, 15) is 22.8 Å². The topological polar surface area (TPSA) is 145 Å². The maximum absolute atomic E-state index is 12.7. The maximum atomic E-state index is 12.7. The molecule has 0 spiro atoms. The molecule has 37 heavy (non-hydrogen) atoms. The third-order valence-electron chi connectivity index (χ3n) is 5.41. The second kappa shape index (κ2) is 12.2. The molecule has 12 heteroatoms. The van der Waals surface area contributed by atoms with E-state index in [0.717, 1.165) is 24.8 Å². The number of carboxylic acid groups (broad SMARTS) is 1. The van der Waals surface area contributed by atoms with Gasteiger partial charge in [-0.25, -0.2) is 4.79 Å². The normalized spacial score (nSPS) is 14.4. The molecule has 3 rings (SSSR count). The summed E-state index contributed by atoms with van der Waals surface area (Å²) in [4.78, 5) is 40.9. The standard InChI is InChI=1S/C23H26N4O3.C2HF3O2/c1-4-30-20(28)12-17-5-6-18(27-22(29)19-11-15(13-24)14-25-19)21(26-17)16-7-9-23(2,3)10-8-16;3-2(4,5)1(6)7/h5-7,11,14,25H,4,8-10,12H2,1-3H3,(H,27,29);(H,6,7). The van der Waals surface area contributed by atoms with Crippen LogP contribution in [0.2, 0.25) is 0 Å². The first-order valence-corrected chi connectivity index (χ1v) is 11.3. The molecule has 0 aliphatic heterocycles. The van der Waals surface area contributed by atoms with Gasteiger partial charge in [0.2, 0.25) is 0 Å². The number of rotatable bonds is 6. The number of esters is 1. The molecule has 0 radical (unpaired) electrons. The number of nitriles is 1. The smallest absolute Gasteiger partial charge is 0.475 e. The van der Waals surface area contributed by atoms with Crippen molar-refractivity contribution >= 4 is 29.1 Å². The van der Waals surface area contributed by atoms with Gasteiger partial charge in [0.25, 0.3) is 5.91 Å². The molecular formula is C25H27F3N4O5. The van der Waals surface area contributed by atoms with Gasteiger partial charge in [0.15, 0.2) is 0 Å². The number of amides is 1. The lowest BCUT2D eigenvalue weighted by Gasteiger charge is -2.29. The largest absolute Gasteiger partial charge is 0.490 e. The summed E-state index contributed by atoms with van der Waals surface area (Å²) in [6.45, 7) is 6.54. The van der Waals surface area contributed by atoms with E-state index in [4.69, 9.17) is 19.9 Å². The highest BCUT2D eigenvalue weighted by Gasteiger charge is 2.38. The minimum atomic E-state index is -5.08. The van der Waals surface area contributed by atoms with Crippen LogP contribution in [0.15, 0.2) is 30.5 Å². The van der Waals surface area contributed by atoms with E-state index in [0.29, 0.717) is 34.9 Å². The van der Waals surface area contributed by atoms with Gasteiger partial charge in [0, 0.05) is 6.20 Å². The van der Waals surface area contributed by atoms with Gasteiger partial charge in [-0.3, -0.25) is 14.6 Å². The number of halogens is 3. The number of hydrogen-bond donors (Lipinski definition) is 3. The second-order valence-corrected chi connectivity index (χ2v) is 8.95. The van der Waals surface area contributed by atoms with Gasteiger partial charge in [-0.2, -0.15) is 18.4 Å². The van der Waals surface area contributed by atoms with Crippen molar-refractivity contribution in [2.24, 2.45) is 5.41 Å². The van der Waals surface area contributed by atoms with Gasteiger partial charge in [-0.15, -0.1) is 0 Å². The summed E-state index contributed by atoms with van der Waals surface area (Å²) in [5.41, 5.74) is 3.82. The molecule has 0 fully saturated rings. The average molecular weight is 521 g/mol. The summed E-state index contributed by atoms with van der Waals surface area (Å²) in [5, 5.41) is 19.0. The number of carboxylic acids is 1. The molecule has 9 nitrogen and oxygen atoms in total. The summed E-state index contributed by atoms with van der Waals surface area (Å²) in [7, 11) is 0. The number of alkyl halides is 3. The van der Waals surface area contributed by atoms with E-state index in [2.05, 4.69) is 35.2 Å². The predicted octanol–water partition coefficient (Wildman–Crippen LogP) is 4.87. The molecule has 2 aromatic heterocycles. The van der Waals surface area contributed by atoms with Crippen molar-refractivity contribution in [2.45, 2.75) is 52.6 Å². The molecule has 0 saturated heterocycles. The number of pyridine rings is 1. The van der Waals surface area contributed by atoms with Crippen molar-refractivity contribution in [1.82, 2.24) is 9.97 Å². The number of aromatic amines is 1. The van der Waals surface area contributed by atoms with Crippen molar-refractivity contribution in [3.8, 4) is 6.07 Å². The zero-order valence-electron chi connectivity index (χ0n) is 20.5. The first-order chi connectivity index (χ1) is 17.3. The molecule has 0 bridgehead atoms. The van der Waals surface area contributed by atoms with Crippen LogP contribution in [0, 0.1) is 16.7 Å². The number of aliphatic carboxylic acids is 1. The number of allylic oxidation sites excluding steroid dienone is 2. The summed E-state index contributed by atoms with van der Waals surface area (Å²) in [6, 6.07) is 6.98. The van der Waals surface area contributed by atoms with Crippen LogP contribution in [0.1, 0.15) is 67.5 Å². The van der Waals surface area contributed by atoms with Gasteiger partial charge in [-0.05, 0) is 55.4 Å². The molecule has 2 aromatic rings. The van der Waals surface area contributed by atoms with Crippen molar-refractivity contribution in [3.05, 3.63) is 53.1 Å². The fraction of sp³-hybridized carbons (Fsp3) is 0.400. The van der Waals surface area contributed by atoms with E-state index in [1.165, 1.54) is 12.3 Å². The quantitative estimate of drug-likeness (QED) is 0.461. The van der Waals surface area contributed by atoms with Crippen molar-refractivity contribution < 1.29 is 37.4 Å². The highest BCUT2D eigenvalue weighted by Crippen LogP contribution is 2.39. The summed E-state index contributed by atoms with van der Waals surface area (Å²) in [5.74, 6) is -3.44. The lowest BCUT2D eigenvalue weighted by Crippen LogP contribution is -2.21. The second-order valence-electron chi connectivity index (χ2n) is 8.95. The van der Waals surface area contributed by atoms with E-state index in [1.54, 1.807) is 19.1 Å². The number of nitrogens with one attached hydrogen (secondary N) is 2. The fourth-order valence-corrected chi connectivity index (χ4v) is 3.37. The van der Waals surface area contributed by atoms with Gasteiger partial charge in [0.1, 0.15) is 11.8 Å². The summed E-state index contributed by atoms with van der Waals surface area (Å²) < 4.78 is 36.8. The molecule has 0 saturated carbocycles. The monoisotopic (exact) mass is 520 g/mol. The highest BCUT2D eigenvalue weighted by atomic mass is 19.4. The number of aromatic nitrogens is 2. The molecule has 1 amide bonds. The summed E-state index contributed by atoms with van der Waals surface area (Å²) >= 11 is 0. The number of nitrogens with zero attached hydrogens (tertiary/aromatic N) is 2. The Morgan fingerprint density at radius 1 is 1.30 bits per heavy atom. The van der Waals surface area contributed by atoms with Gasteiger partial charge in [0.05, 0.1) is 35.7 Å². The van der Waals surface area contributed by atoms with Crippen LogP contribution in [0.4, 0.5) is 18.9 Å². The van der Waals surface area contributed by atoms with Crippen molar-refractivity contribution in [3.63, 3.8) is 0 Å². The van der Waals surface area contributed by atoms with Gasteiger partial charge < -0.3 is 20.1 Å². The van der Waals surface area contributed by atoms with Crippen molar-refractivity contribution in [2.75, 3.05) is 11.9 Å². The minimum Gasteiger partial charge on any atom is -0.475 e. The average Bonchev–Trinajstić information content (AvgIpc) is 3.30. The molecule has 1 aliphatic carbocycles. The lowest BCUT2D eigenvalue weighted by molar-refractivity contribution is -0.192. The molecule has 0 aromatic carbocycles. The van der Waals surface area contributed by atoms with Crippen LogP contribution >= 0.6 is 0 Å². The molecule has 3 N–H and O–H groups in total. The Balaban J connectivity index is 0.000000604. The number of hydrogen-bond acceptors (Lipinski definition) is 6. The molecule has 198 valence electrons. The Morgan fingerprint density at radius 2 is 1.97 bits per heavy atom. The van der Waals surface area contributed by atoms with E-state index in [-0.39, 0.29) is 23.7 Å². The number of ether oxygens (including phenoxy) is 1. The molecular weight excluding hydrogens is 493 g/mol. The zero-order chi connectivity index (χ0) is 27.8. The van der Waals surface area contributed by atoms with Crippen LogP contribution in [0.25, 0.3) is 5.57 Å². The maximum Gasteiger partial charge on any atom is 0.490 e. The molecule has 0 atom stereocenters. The minimum absolute atomic E-state index is 0.0794. The van der Waals surface area contributed by atoms with Crippen LogP contribution in [-0.2, 0) is 20.7 Å². The number of carbonyl (C=O) groups excluding carboxylic acids is 2. The molecule has 0 unspecified atom stereocenters. The van der Waals surface area contributed by atoms with E-state index in [1.807, 2.05) is 6.07 Å². The third-order valence-corrected chi connectivity index (χ3v) is 5.41. The Morgan fingerprint density at radius 3 is 2.49 bits per heavy atom. The Kier molecular flexibility index (Phi) is 9.60. The molecule has 2 heterocycles. The number of anilines is 1. The highest BCUT2D eigenvalue weighted by molar-refractivity contribution is 6.04. The number of H-pyrrole nitrogens is 1. The van der Waals surface area contributed by atoms with Gasteiger partial charge in [-0.1, -0.05) is 19.9 Å². The first-order valence-electron chi connectivity index (χ1n) is 11.3. The Labute approximate surface area is 211 Å². The first kappa shape index (κ1) is 29.1. The van der Waals surface area contributed by atoms with Gasteiger partial charge >= 0.3 is 18.1 Å². The molecule has 1 aliphatic rings. The van der Waals surface area contributed by atoms with Crippen molar-refractivity contribution in [1.29, 1.82) is 5.26 Å². The third kappa shape index (κ3) is 8.79. The zero-order valence-corrected chi connectivity index (χ0v) is 20.5. The van der Waals surface area contributed by atoms with Crippen LogP contribution < -0.4 is 5.32 Å². The predicted molar refractivity (Wildman–Crippen MR) is 127 cm³/mol. The van der Waals surface area contributed by atoms with Crippen LogP contribution in [0.3, 0.4) is 0 Å². The number of carbonyl (C=O) groups is 3. The Hall–Kier alpha value is -4.14. The van der Waals surface area contributed by atoms with E-state index >= 15 is 0 Å². The Bertz CT molecular complexity index is 1230. The SMILES string of the molecule is CCOC(=O)Cc1ccc(NC(=O)c2cc(C#N)c[nH]2)c(C2=CCC(C)(C)CC2)n1.O=C(O)C(F)(F)F.